The molecule has 0 unspecified atom stereocenters. The van der Waals surface area contributed by atoms with E-state index in [0.717, 1.165) is 30.2 Å². The summed E-state index contributed by atoms with van der Waals surface area (Å²) in [6, 6.07) is 4.05. The van der Waals surface area contributed by atoms with Crippen LogP contribution in [0.25, 0.3) is 0 Å². The minimum absolute atomic E-state index is 0.341. The number of thiophene rings is 1. The van der Waals surface area contributed by atoms with Gasteiger partial charge in [-0.15, -0.1) is 21.5 Å². The highest BCUT2D eigenvalue weighted by atomic mass is 32.2. The molecule has 0 radical (unpaired) electrons. The van der Waals surface area contributed by atoms with Crippen LogP contribution < -0.4 is 10.6 Å². The Kier molecular flexibility index (Phi) is 5.90. The van der Waals surface area contributed by atoms with Crippen molar-refractivity contribution >= 4 is 35.0 Å². The van der Waals surface area contributed by atoms with Gasteiger partial charge in [-0.3, -0.25) is 10.1 Å². The van der Waals surface area contributed by atoms with Gasteiger partial charge in [0.2, 0.25) is 5.91 Å². The molecule has 0 bridgehead atoms. The first-order valence-corrected chi connectivity index (χ1v) is 10.7. The zero-order chi connectivity index (χ0) is 19.6. The van der Waals surface area contributed by atoms with E-state index in [-0.39, 0.29) is 5.91 Å². The van der Waals surface area contributed by atoms with Gasteiger partial charge in [0, 0.05) is 22.9 Å². The molecule has 7 nitrogen and oxygen atoms in total. The molecule has 3 rings (SSSR count). The van der Waals surface area contributed by atoms with Crippen molar-refractivity contribution in [3.63, 3.8) is 0 Å². The van der Waals surface area contributed by atoms with Crippen molar-refractivity contribution in [2.24, 2.45) is 0 Å². The third kappa shape index (κ3) is 5.55. The van der Waals surface area contributed by atoms with Crippen molar-refractivity contribution in [3.8, 4) is 0 Å². The normalized spacial score (nSPS) is 15.4. The minimum atomic E-state index is -0.484. The molecule has 0 saturated heterocycles. The molecule has 146 valence electrons. The molecule has 27 heavy (non-hydrogen) atoms. The number of amides is 3. The van der Waals surface area contributed by atoms with Gasteiger partial charge in [-0.05, 0) is 52.0 Å². The van der Waals surface area contributed by atoms with E-state index in [0.29, 0.717) is 6.04 Å². The molecule has 2 heterocycles. The van der Waals surface area contributed by atoms with Gasteiger partial charge in [0.05, 0.1) is 5.25 Å². The monoisotopic (exact) mass is 407 g/mol. The molecule has 1 fully saturated rings. The molecule has 2 N–H and O–H groups in total. The first kappa shape index (κ1) is 19.9. The average Bonchev–Trinajstić information content (AvgIpc) is 3.11. The number of urea groups is 1. The Balaban J connectivity index is 1.65. The summed E-state index contributed by atoms with van der Waals surface area (Å²) in [4.78, 5) is 25.5. The van der Waals surface area contributed by atoms with E-state index in [2.05, 4.69) is 36.8 Å². The highest BCUT2D eigenvalue weighted by Crippen LogP contribution is 2.40. The first-order chi connectivity index (χ1) is 12.7. The van der Waals surface area contributed by atoms with Crippen molar-refractivity contribution in [1.82, 2.24) is 25.4 Å². The SMILES string of the molecule is C[C@@H](Sc1nnc(Cc2cccs2)n1C1CC1)C(=O)NC(=O)NC(C)(C)C. The minimum Gasteiger partial charge on any atom is -0.333 e. The van der Waals surface area contributed by atoms with Gasteiger partial charge in [-0.2, -0.15) is 0 Å². The second-order valence-electron chi connectivity index (χ2n) is 7.71. The molecule has 1 aliphatic rings. The van der Waals surface area contributed by atoms with E-state index in [4.69, 9.17) is 0 Å². The van der Waals surface area contributed by atoms with Crippen LogP contribution in [0.1, 0.15) is 57.3 Å². The van der Waals surface area contributed by atoms with Gasteiger partial charge in [0.25, 0.3) is 0 Å². The van der Waals surface area contributed by atoms with E-state index in [1.807, 2.05) is 26.8 Å². The highest BCUT2D eigenvalue weighted by Gasteiger charge is 2.31. The molecule has 3 amide bonds. The summed E-state index contributed by atoms with van der Waals surface area (Å²) in [5.74, 6) is 0.590. The predicted octanol–water partition coefficient (Wildman–Crippen LogP) is 3.37. The van der Waals surface area contributed by atoms with Crippen LogP contribution in [0.4, 0.5) is 4.79 Å². The third-order valence-corrected chi connectivity index (χ3v) is 5.87. The maximum absolute atomic E-state index is 12.4. The molecule has 0 spiro atoms. The summed E-state index contributed by atoms with van der Waals surface area (Å²) in [7, 11) is 0. The Hall–Kier alpha value is -1.87. The fourth-order valence-electron chi connectivity index (χ4n) is 2.57. The van der Waals surface area contributed by atoms with E-state index >= 15 is 0 Å². The van der Waals surface area contributed by atoms with Crippen molar-refractivity contribution in [3.05, 3.63) is 28.2 Å². The number of nitrogens with zero attached hydrogens (tertiary/aromatic N) is 3. The van der Waals surface area contributed by atoms with E-state index in [1.165, 1.54) is 16.6 Å². The van der Waals surface area contributed by atoms with E-state index in [9.17, 15) is 9.59 Å². The van der Waals surface area contributed by atoms with Crippen LogP contribution in [0, 0.1) is 0 Å². The number of hydrogen-bond donors (Lipinski definition) is 2. The summed E-state index contributed by atoms with van der Waals surface area (Å²) >= 11 is 3.04. The molecule has 1 atom stereocenters. The Morgan fingerprint density at radius 1 is 1.37 bits per heavy atom. The maximum atomic E-state index is 12.4. The summed E-state index contributed by atoms with van der Waals surface area (Å²) in [6.45, 7) is 7.36. The smallest absolute Gasteiger partial charge is 0.321 e. The second kappa shape index (κ2) is 8.02. The molecule has 0 aliphatic heterocycles. The van der Waals surface area contributed by atoms with Gasteiger partial charge in [-0.1, -0.05) is 17.8 Å². The number of hydrogen-bond acceptors (Lipinski definition) is 6. The number of rotatable bonds is 6. The Bertz CT molecular complexity index is 806. The molecule has 1 saturated carbocycles. The summed E-state index contributed by atoms with van der Waals surface area (Å²) in [6.07, 6.45) is 2.96. The Morgan fingerprint density at radius 2 is 2.11 bits per heavy atom. The molecule has 2 aromatic heterocycles. The van der Waals surface area contributed by atoms with Gasteiger partial charge in [-0.25, -0.2) is 4.79 Å². The van der Waals surface area contributed by atoms with Crippen LogP contribution in [0.2, 0.25) is 0 Å². The fraction of sp³-hybridized carbons (Fsp3) is 0.556. The van der Waals surface area contributed by atoms with Gasteiger partial charge in [0.1, 0.15) is 5.82 Å². The molecule has 2 aromatic rings. The summed E-state index contributed by atoms with van der Waals surface area (Å²) in [5, 5.41) is 16.1. The number of imide groups is 1. The number of aromatic nitrogens is 3. The highest BCUT2D eigenvalue weighted by molar-refractivity contribution is 8.00. The van der Waals surface area contributed by atoms with Crippen LogP contribution in [-0.2, 0) is 11.2 Å². The van der Waals surface area contributed by atoms with Crippen LogP contribution in [0.3, 0.4) is 0 Å². The zero-order valence-electron chi connectivity index (χ0n) is 16.0. The zero-order valence-corrected chi connectivity index (χ0v) is 17.6. The maximum Gasteiger partial charge on any atom is 0.321 e. The molecular weight excluding hydrogens is 382 g/mol. The van der Waals surface area contributed by atoms with Gasteiger partial charge in [0.15, 0.2) is 5.16 Å². The lowest BCUT2D eigenvalue weighted by Crippen LogP contribution is -2.49. The predicted molar refractivity (Wildman–Crippen MR) is 107 cm³/mol. The number of thioether (sulfide) groups is 1. The Labute approximate surface area is 167 Å². The average molecular weight is 408 g/mol. The van der Waals surface area contributed by atoms with Gasteiger partial charge < -0.3 is 9.88 Å². The topological polar surface area (TPSA) is 88.9 Å². The number of carbonyl (C=O) groups is 2. The molecule has 9 heteroatoms. The van der Waals surface area contributed by atoms with Crippen LogP contribution in [-0.4, -0.2) is 37.5 Å². The fourth-order valence-corrected chi connectivity index (χ4v) is 4.21. The molecular formula is C18H25N5O2S2. The van der Waals surface area contributed by atoms with E-state index in [1.54, 1.807) is 18.3 Å². The Morgan fingerprint density at radius 3 is 2.70 bits per heavy atom. The van der Waals surface area contributed by atoms with Crippen LogP contribution in [0.15, 0.2) is 22.7 Å². The molecule has 0 aromatic carbocycles. The van der Waals surface area contributed by atoms with Crippen molar-refractivity contribution in [1.29, 1.82) is 0 Å². The number of carbonyl (C=O) groups excluding carboxylic acids is 2. The van der Waals surface area contributed by atoms with Crippen LogP contribution >= 0.6 is 23.1 Å². The lowest BCUT2D eigenvalue weighted by Gasteiger charge is -2.21. The lowest BCUT2D eigenvalue weighted by atomic mass is 10.1. The summed E-state index contributed by atoms with van der Waals surface area (Å²) in [5.41, 5.74) is -0.399. The third-order valence-electron chi connectivity index (χ3n) is 3.94. The van der Waals surface area contributed by atoms with Gasteiger partial charge >= 0.3 is 6.03 Å². The quantitative estimate of drug-likeness (QED) is 0.717. The largest absolute Gasteiger partial charge is 0.333 e. The summed E-state index contributed by atoms with van der Waals surface area (Å²) < 4.78 is 2.16. The van der Waals surface area contributed by atoms with Crippen molar-refractivity contribution < 1.29 is 9.59 Å². The van der Waals surface area contributed by atoms with Crippen molar-refractivity contribution in [2.45, 2.75) is 68.9 Å². The number of nitrogens with one attached hydrogen (secondary N) is 2. The second-order valence-corrected chi connectivity index (χ2v) is 10.0. The lowest BCUT2D eigenvalue weighted by molar-refractivity contribution is -0.119. The van der Waals surface area contributed by atoms with Crippen molar-refractivity contribution in [2.75, 3.05) is 0 Å². The van der Waals surface area contributed by atoms with Crippen LogP contribution in [0.5, 0.6) is 0 Å². The van der Waals surface area contributed by atoms with E-state index < -0.39 is 16.8 Å². The molecule has 1 aliphatic carbocycles. The standard InChI is InChI=1S/C18H25N5O2S2/c1-11(15(24)19-16(25)20-18(2,3)4)27-17-22-21-14(23(17)12-7-8-12)10-13-6-5-9-26-13/h5-6,9,11-12H,7-8,10H2,1-4H3,(H2,19,20,24,25)/t11-/m1/s1. The first-order valence-electron chi connectivity index (χ1n) is 8.99.